The van der Waals surface area contributed by atoms with E-state index in [4.69, 9.17) is 0 Å². The molecule has 2 N–H and O–H groups in total. The monoisotopic (exact) mass is 270 g/mol. The number of rotatable bonds is 6. The normalized spacial score (nSPS) is 11.9. The van der Waals surface area contributed by atoms with E-state index in [2.05, 4.69) is 65.6 Å². The molecule has 0 aliphatic rings. The Labute approximate surface area is 120 Å². The van der Waals surface area contributed by atoms with Crippen LogP contribution in [0, 0.1) is 6.92 Å². The third-order valence-electron chi connectivity index (χ3n) is 3.36. The maximum absolute atomic E-state index is 4.47. The maximum atomic E-state index is 4.47. The van der Waals surface area contributed by atoms with Gasteiger partial charge < -0.3 is 10.6 Å². The standard InChI is InChI=1S/C16H22N4/c1-4-13(3)19-16-17-10-9-15(20-16)18-11-14-8-6-5-7-12(14)2/h5-10,13H,4,11H2,1-3H3,(H2,17,18,19,20). The van der Waals surface area contributed by atoms with Gasteiger partial charge in [-0.25, -0.2) is 4.98 Å². The predicted molar refractivity (Wildman–Crippen MR) is 83.9 cm³/mol. The average molecular weight is 270 g/mol. The Morgan fingerprint density at radius 3 is 2.75 bits per heavy atom. The first-order chi connectivity index (χ1) is 9.69. The second kappa shape index (κ2) is 6.89. The van der Waals surface area contributed by atoms with E-state index >= 15 is 0 Å². The summed E-state index contributed by atoms with van der Waals surface area (Å²) in [5.41, 5.74) is 2.56. The van der Waals surface area contributed by atoms with Gasteiger partial charge in [0.25, 0.3) is 0 Å². The molecule has 4 heteroatoms. The van der Waals surface area contributed by atoms with Gasteiger partial charge in [0.1, 0.15) is 5.82 Å². The van der Waals surface area contributed by atoms with Gasteiger partial charge in [-0.15, -0.1) is 0 Å². The summed E-state index contributed by atoms with van der Waals surface area (Å²) < 4.78 is 0. The number of aromatic nitrogens is 2. The number of hydrogen-bond acceptors (Lipinski definition) is 4. The Bertz CT molecular complexity index is 554. The summed E-state index contributed by atoms with van der Waals surface area (Å²) in [6, 6.07) is 10.6. The van der Waals surface area contributed by atoms with E-state index in [0.717, 1.165) is 18.8 Å². The second-order valence-electron chi connectivity index (χ2n) is 5.00. The first kappa shape index (κ1) is 14.3. The third-order valence-corrected chi connectivity index (χ3v) is 3.36. The molecular weight excluding hydrogens is 248 g/mol. The van der Waals surface area contributed by atoms with Crippen LogP contribution in [0.2, 0.25) is 0 Å². The molecule has 0 amide bonds. The molecule has 2 rings (SSSR count). The lowest BCUT2D eigenvalue weighted by molar-refractivity contribution is 0.753. The van der Waals surface area contributed by atoms with E-state index in [9.17, 15) is 0 Å². The fourth-order valence-electron chi connectivity index (χ4n) is 1.84. The molecule has 1 aromatic carbocycles. The predicted octanol–water partition coefficient (Wildman–Crippen LogP) is 3.61. The van der Waals surface area contributed by atoms with Crippen molar-refractivity contribution in [3.8, 4) is 0 Å². The molecule has 0 saturated heterocycles. The third kappa shape index (κ3) is 3.95. The lowest BCUT2D eigenvalue weighted by Gasteiger charge is -2.12. The molecule has 1 heterocycles. The van der Waals surface area contributed by atoms with Crippen LogP contribution in [0.25, 0.3) is 0 Å². The van der Waals surface area contributed by atoms with Crippen molar-refractivity contribution in [3.63, 3.8) is 0 Å². The highest BCUT2D eigenvalue weighted by atomic mass is 15.1. The van der Waals surface area contributed by atoms with Gasteiger partial charge in [-0.3, -0.25) is 0 Å². The van der Waals surface area contributed by atoms with Crippen LogP contribution in [0.15, 0.2) is 36.5 Å². The smallest absolute Gasteiger partial charge is 0.224 e. The van der Waals surface area contributed by atoms with Crippen molar-refractivity contribution >= 4 is 11.8 Å². The van der Waals surface area contributed by atoms with E-state index < -0.39 is 0 Å². The largest absolute Gasteiger partial charge is 0.366 e. The lowest BCUT2D eigenvalue weighted by atomic mass is 10.1. The molecule has 0 bridgehead atoms. The molecule has 0 fully saturated rings. The van der Waals surface area contributed by atoms with Crippen LogP contribution in [0.4, 0.5) is 11.8 Å². The molecule has 4 nitrogen and oxygen atoms in total. The fraction of sp³-hybridized carbons (Fsp3) is 0.375. The van der Waals surface area contributed by atoms with Gasteiger partial charge in [-0.1, -0.05) is 31.2 Å². The Morgan fingerprint density at radius 1 is 1.20 bits per heavy atom. The van der Waals surface area contributed by atoms with E-state index in [1.807, 2.05) is 6.07 Å². The van der Waals surface area contributed by atoms with Gasteiger partial charge >= 0.3 is 0 Å². The summed E-state index contributed by atoms with van der Waals surface area (Å²) in [6.45, 7) is 7.15. The Balaban J connectivity index is 2.00. The SMILES string of the molecule is CCC(C)Nc1nccc(NCc2ccccc2C)n1. The zero-order valence-electron chi connectivity index (χ0n) is 12.4. The first-order valence-electron chi connectivity index (χ1n) is 7.07. The van der Waals surface area contributed by atoms with Gasteiger partial charge in [0.05, 0.1) is 0 Å². The molecule has 0 aliphatic carbocycles. The Hall–Kier alpha value is -2.10. The number of anilines is 2. The van der Waals surface area contributed by atoms with Crippen molar-refractivity contribution in [3.05, 3.63) is 47.7 Å². The molecule has 2 aromatic rings. The fourth-order valence-corrected chi connectivity index (χ4v) is 1.84. The number of aryl methyl sites for hydroxylation is 1. The molecule has 0 spiro atoms. The molecule has 0 aliphatic heterocycles. The number of nitrogens with zero attached hydrogens (tertiary/aromatic N) is 2. The van der Waals surface area contributed by atoms with Crippen LogP contribution in [0.1, 0.15) is 31.4 Å². The van der Waals surface area contributed by atoms with Crippen LogP contribution in [0.5, 0.6) is 0 Å². The Kier molecular flexibility index (Phi) is 4.93. The number of benzene rings is 1. The van der Waals surface area contributed by atoms with Gasteiger partial charge in [-0.05, 0) is 37.5 Å². The summed E-state index contributed by atoms with van der Waals surface area (Å²) in [4.78, 5) is 8.71. The number of hydrogen-bond donors (Lipinski definition) is 2. The van der Waals surface area contributed by atoms with Gasteiger partial charge in [0.15, 0.2) is 0 Å². The second-order valence-corrected chi connectivity index (χ2v) is 5.00. The van der Waals surface area contributed by atoms with Crippen molar-refractivity contribution in [2.45, 2.75) is 39.8 Å². The minimum Gasteiger partial charge on any atom is -0.366 e. The maximum Gasteiger partial charge on any atom is 0.224 e. The number of nitrogens with one attached hydrogen (secondary N) is 2. The van der Waals surface area contributed by atoms with Crippen molar-refractivity contribution in [1.29, 1.82) is 0 Å². The summed E-state index contributed by atoms with van der Waals surface area (Å²) >= 11 is 0. The highest BCUT2D eigenvalue weighted by Crippen LogP contribution is 2.12. The van der Waals surface area contributed by atoms with E-state index in [1.54, 1.807) is 6.20 Å². The van der Waals surface area contributed by atoms with E-state index in [0.29, 0.717) is 12.0 Å². The topological polar surface area (TPSA) is 49.8 Å². The van der Waals surface area contributed by atoms with Crippen LogP contribution in [-0.4, -0.2) is 16.0 Å². The lowest BCUT2D eigenvalue weighted by Crippen LogP contribution is -2.16. The molecule has 1 atom stereocenters. The molecule has 0 saturated carbocycles. The van der Waals surface area contributed by atoms with Crippen molar-refractivity contribution in [2.24, 2.45) is 0 Å². The van der Waals surface area contributed by atoms with Crippen molar-refractivity contribution in [1.82, 2.24) is 9.97 Å². The van der Waals surface area contributed by atoms with Crippen molar-refractivity contribution < 1.29 is 0 Å². The minimum absolute atomic E-state index is 0.376. The van der Waals surface area contributed by atoms with E-state index in [-0.39, 0.29) is 0 Å². The molecular formula is C16H22N4. The highest BCUT2D eigenvalue weighted by molar-refractivity contribution is 5.41. The van der Waals surface area contributed by atoms with Gasteiger partial charge in [0.2, 0.25) is 5.95 Å². The van der Waals surface area contributed by atoms with Crippen LogP contribution < -0.4 is 10.6 Å². The van der Waals surface area contributed by atoms with E-state index in [1.165, 1.54) is 11.1 Å². The first-order valence-corrected chi connectivity index (χ1v) is 7.07. The zero-order chi connectivity index (χ0) is 14.4. The van der Waals surface area contributed by atoms with Crippen LogP contribution >= 0.6 is 0 Å². The molecule has 1 aromatic heterocycles. The summed E-state index contributed by atoms with van der Waals surface area (Å²) in [6.07, 6.45) is 2.82. The van der Waals surface area contributed by atoms with Crippen molar-refractivity contribution in [2.75, 3.05) is 10.6 Å². The molecule has 0 radical (unpaired) electrons. The zero-order valence-corrected chi connectivity index (χ0v) is 12.4. The minimum atomic E-state index is 0.376. The van der Waals surface area contributed by atoms with Crippen LogP contribution in [-0.2, 0) is 6.54 Å². The van der Waals surface area contributed by atoms with Gasteiger partial charge in [0, 0.05) is 18.8 Å². The summed E-state index contributed by atoms with van der Waals surface area (Å²) in [5, 5.41) is 6.62. The van der Waals surface area contributed by atoms with Crippen LogP contribution in [0.3, 0.4) is 0 Å². The molecule has 1 unspecified atom stereocenters. The Morgan fingerprint density at radius 2 is 2.00 bits per heavy atom. The molecule has 20 heavy (non-hydrogen) atoms. The van der Waals surface area contributed by atoms with Gasteiger partial charge in [-0.2, -0.15) is 4.98 Å². The summed E-state index contributed by atoms with van der Waals surface area (Å²) in [5.74, 6) is 1.52. The highest BCUT2D eigenvalue weighted by Gasteiger charge is 2.03. The average Bonchev–Trinajstić information content (AvgIpc) is 2.47. The summed E-state index contributed by atoms with van der Waals surface area (Å²) in [7, 11) is 0. The quantitative estimate of drug-likeness (QED) is 0.842. The molecule has 106 valence electrons.